The first kappa shape index (κ1) is 20.8. The summed E-state index contributed by atoms with van der Waals surface area (Å²) in [7, 11) is 0. The van der Waals surface area contributed by atoms with Crippen LogP contribution in [0.25, 0.3) is 0 Å². The van der Waals surface area contributed by atoms with Crippen molar-refractivity contribution in [3.63, 3.8) is 0 Å². The smallest absolute Gasteiger partial charge is 0.242 e. The van der Waals surface area contributed by atoms with Crippen molar-refractivity contribution in [3.05, 3.63) is 33.8 Å². The summed E-state index contributed by atoms with van der Waals surface area (Å²) in [6, 6.07) is 4.72. The summed E-state index contributed by atoms with van der Waals surface area (Å²) < 4.78 is 0. The molecule has 0 bridgehead atoms. The second-order valence-corrected chi connectivity index (χ2v) is 6.50. The van der Waals surface area contributed by atoms with E-state index in [1.54, 1.807) is 23.1 Å². The van der Waals surface area contributed by atoms with E-state index in [1.165, 1.54) is 0 Å². The zero-order valence-corrected chi connectivity index (χ0v) is 16.1. The van der Waals surface area contributed by atoms with E-state index in [0.29, 0.717) is 35.0 Å². The lowest BCUT2D eigenvalue weighted by Crippen LogP contribution is -2.49. The molecule has 0 saturated heterocycles. The second-order valence-electron chi connectivity index (χ2n) is 5.69. The first-order valence-electron chi connectivity index (χ1n) is 8.46. The maximum absolute atomic E-state index is 12.6. The lowest BCUT2D eigenvalue weighted by molar-refractivity contribution is -0.141. The molecule has 0 aliphatic carbocycles. The molecule has 0 saturated carbocycles. The molecule has 0 heterocycles. The molecule has 4 nitrogen and oxygen atoms in total. The zero-order chi connectivity index (χ0) is 18.1. The third-order valence-corrected chi connectivity index (χ3v) is 4.50. The molecule has 2 amide bonds. The standard InChI is InChI=1S/C18H26Cl2N2O2/c1-4-8-17(23)22(16(6-3)18(24)21-11-5-2)12-13-14(19)9-7-10-15(13)20/h7,9-10,16H,4-6,8,11-12H2,1-3H3,(H,21,24)/t16-/m1/s1. The predicted octanol–water partition coefficient (Wildman–Crippen LogP) is 4.43. The number of hydrogen-bond donors (Lipinski definition) is 1. The van der Waals surface area contributed by atoms with Crippen molar-refractivity contribution in [1.29, 1.82) is 0 Å². The Labute approximate surface area is 154 Å². The van der Waals surface area contributed by atoms with Gasteiger partial charge in [-0.2, -0.15) is 0 Å². The van der Waals surface area contributed by atoms with Crippen LogP contribution in [0.4, 0.5) is 0 Å². The molecule has 134 valence electrons. The summed E-state index contributed by atoms with van der Waals surface area (Å²) >= 11 is 12.5. The minimum Gasteiger partial charge on any atom is -0.354 e. The number of carbonyl (C=O) groups is 2. The first-order chi connectivity index (χ1) is 11.5. The Balaban J connectivity index is 3.10. The number of carbonyl (C=O) groups excluding carboxylic acids is 2. The Morgan fingerprint density at radius 1 is 1.12 bits per heavy atom. The molecule has 0 spiro atoms. The molecular weight excluding hydrogens is 347 g/mol. The largest absolute Gasteiger partial charge is 0.354 e. The molecule has 1 N–H and O–H groups in total. The fourth-order valence-electron chi connectivity index (χ4n) is 2.50. The van der Waals surface area contributed by atoms with E-state index < -0.39 is 6.04 Å². The number of halogens is 2. The monoisotopic (exact) mass is 372 g/mol. The summed E-state index contributed by atoms with van der Waals surface area (Å²) in [6.45, 7) is 6.66. The van der Waals surface area contributed by atoms with Gasteiger partial charge in [0, 0.05) is 35.1 Å². The lowest BCUT2D eigenvalue weighted by atomic mass is 10.1. The number of amides is 2. The van der Waals surface area contributed by atoms with E-state index in [9.17, 15) is 9.59 Å². The summed E-state index contributed by atoms with van der Waals surface area (Å²) in [4.78, 5) is 26.7. The van der Waals surface area contributed by atoms with Gasteiger partial charge in [-0.15, -0.1) is 0 Å². The van der Waals surface area contributed by atoms with Gasteiger partial charge in [0.15, 0.2) is 0 Å². The Hall–Kier alpha value is -1.26. The van der Waals surface area contributed by atoms with Gasteiger partial charge in [0.25, 0.3) is 0 Å². The normalized spacial score (nSPS) is 11.9. The fraction of sp³-hybridized carbons (Fsp3) is 0.556. The third-order valence-electron chi connectivity index (χ3n) is 3.79. The molecule has 1 atom stereocenters. The van der Waals surface area contributed by atoms with Crippen LogP contribution in [0.15, 0.2) is 18.2 Å². The van der Waals surface area contributed by atoms with E-state index in [-0.39, 0.29) is 18.4 Å². The maximum atomic E-state index is 12.6. The van der Waals surface area contributed by atoms with Gasteiger partial charge >= 0.3 is 0 Å². The van der Waals surface area contributed by atoms with Crippen molar-refractivity contribution >= 4 is 35.0 Å². The van der Waals surface area contributed by atoms with Gasteiger partial charge < -0.3 is 10.2 Å². The number of hydrogen-bond acceptors (Lipinski definition) is 2. The molecule has 0 fully saturated rings. The molecule has 0 aliphatic heterocycles. The van der Waals surface area contributed by atoms with Gasteiger partial charge in [-0.3, -0.25) is 9.59 Å². The Morgan fingerprint density at radius 3 is 2.25 bits per heavy atom. The molecule has 0 unspecified atom stereocenters. The van der Waals surface area contributed by atoms with Gasteiger partial charge in [-0.25, -0.2) is 0 Å². The van der Waals surface area contributed by atoms with Crippen molar-refractivity contribution in [2.75, 3.05) is 6.54 Å². The predicted molar refractivity (Wildman–Crippen MR) is 99.3 cm³/mol. The number of rotatable bonds is 9. The van der Waals surface area contributed by atoms with Crippen LogP contribution < -0.4 is 5.32 Å². The van der Waals surface area contributed by atoms with Crippen molar-refractivity contribution in [2.24, 2.45) is 0 Å². The average molecular weight is 373 g/mol. The molecule has 1 aromatic rings. The SMILES string of the molecule is CCCNC(=O)[C@@H](CC)N(Cc1c(Cl)cccc1Cl)C(=O)CCC. The van der Waals surface area contributed by atoms with Crippen molar-refractivity contribution in [2.45, 2.75) is 59.0 Å². The molecule has 1 rings (SSSR count). The van der Waals surface area contributed by atoms with Crippen LogP contribution >= 0.6 is 23.2 Å². The third kappa shape index (κ3) is 5.67. The van der Waals surface area contributed by atoms with Gasteiger partial charge in [-0.05, 0) is 31.4 Å². The Bertz CT molecular complexity index is 544. The maximum Gasteiger partial charge on any atom is 0.242 e. The summed E-state index contributed by atoms with van der Waals surface area (Å²) in [5.41, 5.74) is 0.673. The minimum absolute atomic E-state index is 0.0630. The molecule has 24 heavy (non-hydrogen) atoms. The van der Waals surface area contributed by atoms with Crippen LogP contribution in [0.1, 0.15) is 52.0 Å². The summed E-state index contributed by atoms with van der Waals surface area (Å²) in [5, 5.41) is 3.88. The zero-order valence-electron chi connectivity index (χ0n) is 14.6. The highest BCUT2D eigenvalue weighted by atomic mass is 35.5. The Kier molecular flexibility index (Phi) is 9.16. The van der Waals surface area contributed by atoms with E-state index >= 15 is 0 Å². The molecule has 0 aromatic heterocycles. The molecular formula is C18H26Cl2N2O2. The van der Waals surface area contributed by atoms with Gasteiger partial charge in [0.1, 0.15) is 6.04 Å². The summed E-state index contributed by atoms with van der Waals surface area (Å²) in [5.74, 6) is -0.195. The van der Waals surface area contributed by atoms with Crippen molar-refractivity contribution in [1.82, 2.24) is 10.2 Å². The van der Waals surface area contributed by atoms with Crippen LogP contribution in [0, 0.1) is 0 Å². The lowest BCUT2D eigenvalue weighted by Gasteiger charge is -2.31. The Morgan fingerprint density at radius 2 is 1.75 bits per heavy atom. The molecule has 0 aliphatic rings. The molecule has 6 heteroatoms. The number of nitrogens with zero attached hydrogens (tertiary/aromatic N) is 1. The van der Waals surface area contributed by atoms with E-state index in [2.05, 4.69) is 5.32 Å². The highest BCUT2D eigenvalue weighted by molar-refractivity contribution is 6.36. The fourth-order valence-corrected chi connectivity index (χ4v) is 3.01. The second kappa shape index (κ2) is 10.6. The van der Waals surface area contributed by atoms with Gasteiger partial charge in [0.05, 0.1) is 0 Å². The van der Waals surface area contributed by atoms with Crippen LogP contribution in [0.3, 0.4) is 0 Å². The van der Waals surface area contributed by atoms with Crippen molar-refractivity contribution < 1.29 is 9.59 Å². The van der Waals surface area contributed by atoms with Crippen LogP contribution in [0.2, 0.25) is 10.0 Å². The van der Waals surface area contributed by atoms with Crippen molar-refractivity contribution in [3.8, 4) is 0 Å². The van der Waals surface area contributed by atoms with Crippen LogP contribution in [0.5, 0.6) is 0 Å². The summed E-state index contributed by atoms with van der Waals surface area (Å²) in [6.07, 6.45) is 2.49. The minimum atomic E-state index is -0.525. The number of benzene rings is 1. The van der Waals surface area contributed by atoms with Gasteiger partial charge in [0.2, 0.25) is 11.8 Å². The van der Waals surface area contributed by atoms with Crippen LogP contribution in [-0.4, -0.2) is 29.3 Å². The highest BCUT2D eigenvalue weighted by Gasteiger charge is 2.28. The van der Waals surface area contributed by atoms with E-state index in [0.717, 1.165) is 12.8 Å². The molecule has 1 aromatic carbocycles. The first-order valence-corrected chi connectivity index (χ1v) is 9.21. The quantitative estimate of drug-likeness (QED) is 0.696. The topological polar surface area (TPSA) is 49.4 Å². The highest BCUT2D eigenvalue weighted by Crippen LogP contribution is 2.27. The van der Waals surface area contributed by atoms with Gasteiger partial charge in [-0.1, -0.05) is 50.0 Å². The average Bonchev–Trinajstić information content (AvgIpc) is 2.55. The number of nitrogens with one attached hydrogen (secondary N) is 1. The van der Waals surface area contributed by atoms with Crippen LogP contribution in [-0.2, 0) is 16.1 Å². The van der Waals surface area contributed by atoms with E-state index in [1.807, 2.05) is 20.8 Å². The van der Waals surface area contributed by atoms with E-state index in [4.69, 9.17) is 23.2 Å². The molecule has 0 radical (unpaired) electrons.